The van der Waals surface area contributed by atoms with E-state index in [0.29, 0.717) is 0 Å². The standard InChI is InChI=1S/C10H12F3N/c1-7(2)9(10(11,12)13)8-5-3-4-6-14-8/h3-7,9H,1-2H3. The first-order valence-electron chi connectivity index (χ1n) is 4.40. The van der Waals surface area contributed by atoms with Gasteiger partial charge in [0.15, 0.2) is 0 Å². The van der Waals surface area contributed by atoms with Gasteiger partial charge in [0, 0.05) is 6.20 Å². The highest BCUT2D eigenvalue weighted by Crippen LogP contribution is 2.38. The summed E-state index contributed by atoms with van der Waals surface area (Å²) in [6.07, 6.45) is -2.83. The van der Waals surface area contributed by atoms with Gasteiger partial charge in [0.05, 0.1) is 11.6 Å². The lowest BCUT2D eigenvalue weighted by Gasteiger charge is -2.22. The molecule has 0 saturated carbocycles. The molecule has 0 radical (unpaired) electrons. The number of alkyl halides is 3. The Morgan fingerprint density at radius 3 is 2.21 bits per heavy atom. The molecule has 1 unspecified atom stereocenters. The molecule has 1 heterocycles. The van der Waals surface area contributed by atoms with E-state index in [1.807, 2.05) is 0 Å². The van der Waals surface area contributed by atoms with Crippen molar-refractivity contribution in [2.24, 2.45) is 5.92 Å². The normalized spacial score (nSPS) is 14.4. The van der Waals surface area contributed by atoms with Crippen LogP contribution in [0.1, 0.15) is 25.5 Å². The van der Waals surface area contributed by atoms with Crippen molar-refractivity contribution in [1.29, 1.82) is 0 Å². The minimum Gasteiger partial charge on any atom is -0.261 e. The Kier molecular flexibility index (Phi) is 3.13. The average molecular weight is 203 g/mol. The molecule has 0 saturated heterocycles. The zero-order valence-electron chi connectivity index (χ0n) is 8.05. The molecule has 4 heteroatoms. The number of rotatable bonds is 2. The van der Waals surface area contributed by atoms with Gasteiger partial charge in [-0.1, -0.05) is 19.9 Å². The van der Waals surface area contributed by atoms with Gasteiger partial charge in [-0.15, -0.1) is 0 Å². The number of nitrogens with zero attached hydrogens (tertiary/aromatic N) is 1. The fourth-order valence-electron chi connectivity index (χ4n) is 1.45. The van der Waals surface area contributed by atoms with Crippen LogP contribution in [0.4, 0.5) is 13.2 Å². The van der Waals surface area contributed by atoms with Crippen LogP contribution in [-0.2, 0) is 0 Å². The summed E-state index contributed by atoms with van der Waals surface area (Å²) in [6, 6.07) is 4.60. The summed E-state index contributed by atoms with van der Waals surface area (Å²) in [6.45, 7) is 3.10. The third-order valence-electron chi connectivity index (χ3n) is 2.03. The average Bonchev–Trinajstić information content (AvgIpc) is 2.02. The van der Waals surface area contributed by atoms with E-state index in [9.17, 15) is 13.2 Å². The second-order valence-electron chi connectivity index (χ2n) is 3.52. The summed E-state index contributed by atoms with van der Waals surface area (Å²) in [7, 11) is 0. The Morgan fingerprint density at radius 2 is 1.86 bits per heavy atom. The Balaban J connectivity index is 3.02. The first-order valence-corrected chi connectivity index (χ1v) is 4.40. The molecule has 78 valence electrons. The van der Waals surface area contributed by atoms with Crippen LogP contribution in [0.25, 0.3) is 0 Å². The fraction of sp³-hybridized carbons (Fsp3) is 0.500. The molecule has 0 aliphatic rings. The van der Waals surface area contributed by atoms with Crippen molar-refractivity contribution in [1.82, 2.24) is 4.98 Å². The molecular weight excluding hydrogens is 191 g/mol. The van der Waals surface area contributed by atoms with Crippen LogP contribution in [0, 0.1) is 5.92 Å². The molecule has 1 atom stereocenters. The lowest BCUT2D eigenvalue weighted by Crippen LogP contribution is -2.26. The number of aromatic nitrogens is 1. The van der Waals surface area contributed by atoms with Gasteiger partial charge in [0.25, 0.3) is 0 Å². The van der Waals surface area contributed by atoms with Crippen LogP contribution in [-0.4, -0.2) is 11.2 Å². The topological polar surface area (TPSA) is 12.9 Å². The van der Waals surface area contributed by atoms with E-state index in [4.69, 9.17) is 0 Å². The maximum Gasteiger partial charge on any atom is 0.397 e. The molecule has 0 aromatic carbocycles. The van der Waals surface area contributed by atoms with E-state index >= 15 is 0 Å². The van der Waals surface area contributed by atoms with E-state index in [0.717, 1.165) is 0 Å². The number of halogens is 3. The molecule has 0 bridgehead atoms. The van der Waals surface area contributed by atoms with Gasteiger partial charge in [0.2, 0.25) is 0 Å². The van der Waals surface area contributed by atoms with Crippen molar-refractivity contribution in [3.05, 3.63) is 30.1 Å². The third kappa shape index (κ3) is 2.47. The van der Waals surface area contributed by atoms with Crippen LogP contribution in [0.15, 0.2) is 24.4 Å². The number of hydrogen-bond acceptors (Lipinski definition) is 1. The van der Waals surface area contributed by atoms with Crippen molar-refractivity contribution in [2.75, 3.05) is 0 Å². The van der Waals surface area contributed by atoms with Crippen LogP contribution < -0.4 is 0 Å². The molecule has 0 amide bonds. The predicted octanol–water partition coefficient (Wildman–Crippen LogP) is 3.38. The van der Waals surface area contributed by atoms with Gasteiger partial charge in [-0.2, -0.15) is 13.2 Å². The van der Waals surface area contributed by atoms with Crippen LogP contribution in [0.3, 0.4) is 0 Å². The molecular formula is C10H12F3N. The molecule has 1 nitrogen and oxygen atoms in total. The largest absolute Gasteiger partial charge is 0.397 e. The van der Waals surface area contributed by atoms with Crippen molar-refractivity contribution in [2.45, 2.75) is 25.9 Å². The third-order valence-corrected chi connectivity index (χ3v) is 2.03. The second-order valence-corrected chi connectivity index (χ2v) is 3.52. The van der Waals surface area contributed by atoms with Crippen LogP contribution in [0.2, 0.25) is 0 Å². The first-order chi connectivity index (χ1) is 6.43. The summed E-state index contributed by atoms with van der Waals surface area (Å²) in [4.78, 5) is 3.75. The molecule has 1 aromatic rings. The van der Waals surface area contributed by atoms with E-state index in [1.165, 1.54) is 12.3 Å². The maximum absolute atomic E-state index is 12.6. The Labute approximate surface area is 81.0 Å². The zero-order valence-corrected chi connectivity index (χ0v) is 8.05. The highest BCUT2D eigenvalue weighted by Gasteiger charge is 2.43. The number of pyridine rings is 1. The van der Waals surface area contributed by atoms with Crippen molar-refractivity contribution < 1.29 is 13.2 Å². The highest BCUT2D eigenvalue weighted by atomic mass is 19.4. The summed E-state index contributed by atoms with van der Waals surface area (Å²) in [5.74, 6) is -1.96. The van der Waals surface area contributed by atoms with Gasteiger partial charge in [-0.25, -0.2) is 0 Å². The summed E-state index contributed by atoms with van der Waals surface area (Å²) < 4.78 is 37.8. The molecule has 1 aromatic heterocycles. The molecule has 0 aliphatic carbocycles. The van der Waals surface area contributed by atoms with Crippen molar-refractivity contribution in [3.63, 3.8) is 0 Å². The van der Waals surface area contributed by atoms with Gasteiger partial charge in [-0.05, 0) is 18.1 Å². The summed E-state index contributed by atoms with van der Waals surface area (Å²) in [5.41, 5.74) is 0.0926. The Morgan fingerprint density at radius 1 is 1.21 bits per heavy atom. The Bertz CT molecular complexity index is 279. The molecule has 0 aliphatic heterocycles. The fourth-order valence-corrected chi connectivity index (χ4v) is 1.45. The lowest BCUT2D eigenvalue weighted by atomic mass is 9.91. The SMILES string of the molecule is CC(C)C(c1ccccn1)C(F)(F)F. The van der Waals surface area contributed by atoms with E-state index in [2.05, 4.69) is 4.98 Å². The van der Waals surface area contributed by atoms with E-state index < -0.39 is 18.0 Å². The van der Waals surface area contributed by atoms with Crippen molar-refractivity contribution in [3.8, 4) is 0 Å². The van der Waals surface area contributed by atoms with Gasteiger partial charge < -0.3 is 0 Å². The minimum absolute atomic E-state index is 0.0926. The van der Waals surface area contributed by atoms with Gasteiger partial charge in [-0.3, -0.25) is 4.98 Å². The van der Waals surface area contributed by atoms with Crippen molar-refractivity contribution >= 4 is 0 Å². The molecule has 1 rings (SSSR count). The summed E-state index contributed by atoms with van der Waals surface area (Å²) in [5, 5.41) is 0. The van der Waals surface area contributed by atoms with Crippen LogP contribution in [0.5, 0.6) is 0 Å². The molecule has 14 heavy (non-hydrogen) atoms. The smallest absolute Gasteiger partial charge is 0.261 e. The maximum atomic E-state index is 12.6. The first kappa shape index (κ1) is 11.0. The molecule has 0 spiro atoms. The zero-order chi connectivity index (χ0) is 10.8. The molecule has 0 fully saturated rings. The van der Waals surface area contributed by atoms with Crippen LogP contribution >= 0.6 is 0 Å². The minimum atomic E-state index is -4.22. The Hall–Kier alpha value is -1.06. The summed E-state index contributed by atoms with van der Waals surface area (Å²) >= 11 is 0. The highest BCUT2D eigenvalue weighted by molar-refractivity contribution is 5.12. The lowest BCUT2D eigenvalue weighted by molar-refractivity contribution is -0.160. The second kappa shape index (κ2) is 3.98. The number of hydrogen-bond donors (Lipinski definition) is 0. The van der Waals surface area contributed by atoms with Gasteiger partial charge >= 0.3 is 6.18 Å². The van der Waals surface area contributed by atoms with Gasteiger partial charge in [0.1, 0.15) is 0 Å². The van der Waals surface area contributed by atoms with E-state index in [-0.39, 0.29) is 5.69 Å². The quantitative estimate of drug-likeness (QED) is 0.718. The molecule has 0 N–H and O–H groups in total. The monoisotopic (exact) mass is 203 g/mol. The van der Waals surface area contributed by atoms with E-state index in [1.54, 1.807) is 26.0 Å². The predicted molar refractivity (Wildman–Crippen MR) is 47.9 cm³/mol.